The van der Waals surface area contributed by atoms with Crippen molar-refractivity contribution >= 4 is 21.8 Å². The van der Waals surface area contributed by atoms with Crippen molar-refractivity contribution in [2.45, 2.75) is 32.7 Å². The third-order valence-corrected chi connectivity index (χ3v) is 4.01. The first-order valence-corrected chi connectivity index (χ1v) is 8.07. The third-order valence-electron chi connectivity index (χ3n) is 3.51. The fourth-order valence-corrected chi connectivity index (χ4v) is 2.23. The van der Waals surface area contributed by atoms with E-state index in [-0.39, 0.29) is 5.91 Å². The Kier molecular flexibility index (Phi) is 7.75. The molecule has 0 bridgehead atoms. The Balaban J connectivity index is 2.38. The highest BCUT2D eigenvalue weighted by Crippen LogP contribution is 2.23. The Morgan fingerprint density at radius 1 is 1.38 bits per heavy atom. The number of hydrogen-bond acceptors (Lipinski definition) is 3. The maximum Gasteiger partial charge on any atom is 0.255 e. The average Bonchev–Trinajstić information content (AvgIpc) is 2.45. The number of halogens is 1. The molecule has 0 saturated carbocycles. The number of ether oxygens (including phenoxy) is 1. The van der Waals surface area contributed by atoms with Crippen LogP contribution in [0.2, 0.25) is 0 Å². The van der Waals surface area contributed by atoms with Crippen LogP contribution in [0.4, 0.5) is 0 Å². The highest BCUT2D eigenvalue weighted by molar-refractivity contribution is 9.10. The van der Waals surface area contributed by atoms with E-state index < -0.39 is 0 Å². The van der Waals surface area contributed by atoms with Crippen molar-refractivity contribution in [2.75, 3.05) is 27.2 Å². The van der Waals surface area contributed by atoms with Gasteiger partial charge in [-0.25, -0.2) is 0 Å². The molecule has 1 amide bonds. The van der Waals surface area contributed by atoms with Crippen LogP contribution in [0.25, 0.3) is 0 Å². The molecule has 0 aliphatic carbocycles. The Morgan fingerprint density at radius 2 is 2.10 bits per heavy atom. The normalized spacial score (nSPS) is 11.0. The lowest BCUT2D eigenvalue weighted by Gasteiger charge is -2.20. The van der Waals surface area contributed by atoms with Crippen molar-refractivity contribution in [1.29, 1.82) is 0 Å². The number of rotatable bonds is 8. The molecule has 1 aromatic carbocycles. The van der Waals surface area contributed by atoms with Crippen molar-refractivity contribution in [3.63, 3.8) is 0 Å². The summed E-state index contributed by atoms with van der Waals surface area (Å²) in [5.41, 5.74) is 0.569. The summed E-state index contributed by atoms with van der Waals surface area (Å²) >= 11 is 3.37. The molecule has 0 fully saturated rings. The molecule has 0 saturated heterocycles. The van der Waals surface area contributed by atoms with Gasteiger partial charge in [-0.1, -0.05) is 15.9 Å². The molecule has 0 aromatic heterocycles. The lowest BCUT2D eigenvalue weighted by Crippen LogP contribution is -2.29. The molecular weight excluding hydrogens is 332 g/mol. The zero-order valence-electron chi connectivity index (χ0n) is 13.3. The quantitative estimate of drug-likeness (QED) is 0.726. The molecule has 0 aliphatic heterocycles. The zero-order valence-corrected chi connectivity index (χ0v) is 14.9. The van der Waals surface area contributed by atoms with Gasteiger partial charge < -0.3 is 15.0 Å². The predicted molar refractivity (Wildman–Crippen MR) is 90.0 cm³/mol. The fraction of sp³-hybridized carbons (Fsp3) is 0.562. The van der Waals surface area contributed by atoms with Gasteiger partial charge in [-0.2, -0.15) is 0 Å². The molecule has 0 heterocycles. The van der Waals surface area contributed by atoms with Gasteiger partial charge in [0.05, 0.1) is 12.7 Å². The number of carbonyl (C=O) groups is 1. The molecule has 21 heavy (non-hydrogen) atoms. The van der Waals surface area contributed by atoms with Crippen molar-refractivity contribution in [2.24, 2.45) is 0 Å². The summed E-state index contributed by atoms with van der Waals surface area (Å²) in [5, 5.41) is 2.94. The van der Waals surface area contributed by atoms with E-state index in [1.54, 1.807) is 19.2 Å². The molecule has 4 nitrogen and oxygen atoms in total. The van der Waals surface area contributed by atoms with E-state index in [9.17, 15) is 4.79 Å². The molecule has 0 aliphatic rings. The first-order valence-electron chi connectivity index (χ1n) is 7.27. The van der Waals surface area contributed by atoms with Gasteiger partial charge in [-0.15, -0.1) is 0 Å². The maximum atomic E-state index is 12.1. The van der Waals surface area contributed by atoms with Gasteiger partial charge in [-0.3, -0.25) is 4.79 Å². The molecule has 0 atom stereocenters. The summed E-state index contributed by atoms with van der Waals surface area (Å²) < 4.78 is 6.13. The topological polar surface area (TPSA) is 41.6 Å². The summed E-state index contributed by atoms with van der Waals surface area (Å²) in [6, 6.07) is 5.97. The van der Waals surface area contributed by atoms with Gasteiger partial charge in [0.1, 0.15) is 5.75 Å². The van der Waals surface area contributed by atoms with E-state index in [0.717, 1.165) is 23.9 Å². The second-order valence-electron chi connectivity index (χ2n) is 5.38. The summed E-state index contributed by atoms with van der Waals surface area (Å²) in [7, 11) is 3.69. The zero-order chi connectivity index (χ0) is 15.8. The third kappa shape index (κ3) is 6.06. The van der Waals surface area contributed by atoms with Gasteiger partial charge in [-0.05, 0) is 58.5 Å². The molecule has 5 heteroatoms. The lowest BCUT2D eigenvalue weighted by atomic mass is 10.2. The summed E-state index contributed by atoms with van der Waals surface area (Å²) in [4.78, 5) is 14.4. The van der Waals surface area contributed by atoms with Crippen LogP contribution in [-0.2, 0) is 0 Å². The average molecular weight is 357 g/mol. The fourth-order valence-electron chi connectivity index (χ4n) is 1.89. The number of benzene rings is 1. The Bertz CT molecular complexity index is 464. The highest BCUT2D eigenvalue weighted by atomic mass is 79.9. The van der Waals surface area contributed by atoms with E-state index in [2.05, 4.69) is 47.0 Å². The van der Waals surface area contributed by atoms with Crippen LogP contribution in [0.5, 0.6) is 5.75 Å². The minimum absolute atomic E-state index is 0.0865. The lowest BCUT2D eigenvalue weighted by molar-refractivity contribution is 0.0949. The number of nitrogens with zero attached hydrogens (tertiary/aromatic N) is 1. The summed E-state index contributed by atoms with van der Waals surface area (Å²) in [6.45, 7) is 6.10. The van der Waals surface area contributed by atoms with Gasteiger partial charge in [0.15, 0.2) is 0 Å². The van der Waals surface area contributed by atoms with E-state index in [4.69, 9.17) is 4.74 Å². The molecule has 1 rings (SSSR count). The smallest absolute Gasteiger partial charge is 0.255 e. The van der Waals surface area contributed by atoms with Crippen molar-refractivity contribution in [3.8, 4) is 5.75 Å². The minimum atomic E-state index is -0.0865. The molecule has 0 spiro atoms. The number of hydrogen-bond donors (Lipinski definition) is 1. The Morgan fingerprint density at radius 3 is 2.71 bits per heavy atom. The van der Waals surface area contributed by atoms with E-state index in [1.807, 2.05) is 6.07 Å². The molecule has 1 N–H and O–H groups in total. The minimum Gasteiger partial charge on any atom is -0.496 e. The molecule has 1 aromatic rings. The number of carbonyl (C=O) groups excluding carboxylic acids is 1. The Labute approximate surface area is 136 Å². The van der Waals surface area contributed by atoms with Crippen LogP contribution in [0.3, 0.4) is 0 Å². The second kappa shape index (κ2) is 9.05. The molecular formula is C16H25BrN2O2. The summed E-state index contributed by atoms with van der Waals surface area (Å²) in [5.74, 6) is 0.498. The van der Waals surface area contributed by atoms with Crippen molar-refractivity contribution < 1.29 is 9.53 Å². The van der Waals surface area contributed by atoms with Gasteiger partial charge >= 0.3 is 0 Å². The first kappa shape index (κ1) is 18.0. The second-order valence-corrected chi connectivity index (χ2v) is 6.30. The van der Waals surface area contributed by atoms with Crippen LogP contribution in [0.1, 0.15) is 37.0 Å². The van der Waals surface area contributed by atoms with E-state index in [0.29, 0.717) is 23.9 Å². The van der Waals surface area contributed by atoms with Crippen LogP contribution in [0.15, 0.2) is 22.7 Å². The SMILES string of the molecule is COc1cc(Br)ccc1C(=O)NCCCCN(C)C(C)C. The monoisotopic (exact) mass is 356 g/mol. The van der Waals surface area contributed by atoms with Crippen LogP contribution in [-0.4, -0.2) is 44.1 Å². The number of amides is 1. The first-order chi connectivity index (χ1) is 9.95. The largest absolute Gasteiger partial charge is 0.496 e. The van der Waals surface area contributed by atoms with Gasteiger partial charge in [0.2, 0.25) is 0 Å². The van der Waals surface area contributed by atoms with E-state index in [1.165, 1.54) is 0 Å². The van der Waals surface area contributed by atoms with Crippen LogP contribution < -0.4 is 10.1 Å². The molecule has 0 radical (unpaired) electrons. The maximum absolute atomic E-state index is 12.1. The number of methoxy groups -OCH3 is 1. The van der Waals surface area contributed by atoms with Crippen molar-refractivity contribution in [1.82, 2.24) is 10.2 Å². The number of unbranched alkanes of at least 4 members (excludes halogenated alkanes) is 1. The molecule has 0 unspecified atom stereocenters. The standard InChI is InChI=1S/C16H25BrN2O2/c1-12(2)19(3)10-6-5-9-18-16(20)14-8-7-13(17)11-15(14)21-4/h7-8,11-12H,5-6,9-10H2,1-4H3,(H,18,20). The molecule has 118 valence electrons. The summed E-state index contributed by atoms with van der Waals surface area (Å²) in [6.07, 6.45) is 2.05. The highest BCUT2D eigenvalue weighted by Gasteiger charge is 2.11. The van der Waals surface area contributed by atoms with Gasteiger partial charge in [0.25, 0.3) is 5.91 Å². The van der Waals surface area contributed by atoms with Crippen molar-refractivity contribution in [3.05, 3.63) is 28.2 Å². The Hall–Kier alpha value is -1.07. The van der Waals surface area contributed by atoms with Crippen LogP contribution >= 0.6 is 15.9 Å². The van der Waals surface area contributed by atoms with Gasteiger partial charge in [0, 0.05) is 17.1 Å². The number of nitrogens with one attached hydrogen (secondary N) is 1. The predicted octanol–water partition coefficient (Wildman–Crippen LogP) is 3.31. The van der Waals surface area contributed by atoms with Crippen LogP contribution in [0, 0.1) is 0 Å². The van der Waals surface area contributed by atoms with E-state index >= 15 is 0 Å².